The Morgan fingerprint density at radius 2 is 1.76 bits per heavy atom. The number of ether oxygens (including phenoxy) is 1. The van der Waals surface area contributed by atoms with E-state index in [0.29, 0.717) is 34.2 Å². The number of aromatic nitrogens is 2. The van der Waals surface area contributed by atoms with Crippen LogP contribution in [-0.2, 0) is 12.7 Å². The number of benzene rings is 3. The lowest BCUT2D eigenvalue weighted by molar-refractivity contribution is -0.137. The molecule has 1 heterocycles. The number of methoxy groups -OCH3 is 1. The highest BCUT2D eigenvalue weighted by Crippen LogP contribution is 2.33. The van der Waals surface area contributed by atoms with Crippen LogP contribution in [0.3, 0.4) is 0 Å². The molecule has 4 aromatic rings. The lowest BCUT2D eigenvalue weighted by Crippen LogP contribution is -2.05. The van der Waals surface area contributed by atoms with Crippen molar-refractivity contribution < 1.29 is 17.9 Å². The Balaban J connectivity index is 1.85. The number of nitrogens with zero attached hydrogens (tertiary/aromatic N) is 2. The van der Waals surface area contributed by atoms with Gasteiger partial charge in [-0.25, -0.2) is 4.98 Å². The van der Waals surface area contributed by atoms with Crippen LogP contribution in [0.2, 0.25) is 5.02 Å². The third-order valence-corrected chi connectivity index (χ3v) is 4.89. The number of hydrogen-bond donors (Lipinski definition) is 0. The van der Waals surface area contributed by atoms with Crippen LogP contribution in [0.1, 0.15) is 11.1 Å². The van der Waals surface area contributed by atoms with Crippen LogP contribution in [0.4, 0.5) is 13.2 Å². The van der Waals surface area contributed by atoms with Gasteiger partial charge in [0.2, 0.25) is 0 Å². The quantitative estimate of drug-likeness (QED) is 0.383. The molecule has 3 nitrogen and oxygen atoms in total. The molecule has 148 valence electrons. The van der Waals surface area contributed by atoms with Gasteiger partial charge in [0.15, 0.2) is 0 Å². The summed E-state index contributed by atoms with van der Waals surface area (Å²) in [6.45, 7) is 0.472. The summed E-state index contributed by atoms with van der Waals surface area (Å²) in [5, 5.41) is 0.615. The zero-order valence-electron chi connectivity index (χ0n) is 15.4. The first kappa shape index (κ1) is 19.3. The zero-order valence-corrected chi connectivity index (χ0v) is 16.1. The minimum absolute atomic E-state index is 0.472. The molecular weight excluding hydrogens is 401 g/mol. The summed E-state index contributed by atoms with van der Waals surface area (Å²) in [4.78, 5) is 4.67. The van der Waals surface area contributed by atoms with Crippen molar-refractivity contribution in [3.8, 4) is 17.1 Å². The predicted molar refractivity (Wildman–Crippen MR) is 107 cm³/mol. The van der Waals surface area contributed by atoms with Crippen LogP contribution in [-0.4, -0.2) is 16.7 Å². The lowest BCUT2D eigenvalue weighted by Gasteiger charge is -2.11. The molecule has 0 aliphatic rings. The van der Waals surface area contributed by atoms with Crippen molar-refractivity contribution in [3.05, 3.63) is 82.9 Å². The summed E-state index contributed by atoms with van der Waals surface area (Å²) in [7, 11) is 1.57. The molecule has 0 aliphatic carbocycles. The van der Waals surface area contributed by atoms with Gasteiger partial charge < -0.3 is 9.30 Å². The normalized spacial score (nSPS) is 11.8. The van der Waals surface area contributed by atoms with E-state index in [4.69, 9.17) is 16.3 Å². The van der Waals surface area contributed by atoms with Crippen molar-refractivity contribution in [1.82, 2.24) is 9.55 Å². The first-order chi connectivity index (χ1) is 13.8. The number of hydrogen-bond acceptors (Lipinski definition) is 2. The van der Waals surface area contributed by atoms with Crippen molar-refractivity contribution in [3.63, 3.8) is 0 Å². The van der Waals surface area contributed by atoms with Crippen LogP contribution in [0.5, 0.6) is 5.75 Å². The molecule has 0 aliphatic heterocycles. The first-order valence-corrected chi connectivity index (χ1v) is 9.19. The van der Waals surface area contributed by atoms with E-state index in [1.165, 1.54) is 12.1 Å². The molecule has 0 spiro atoms. The monoisotopic (exact) mass is 416 g/mol. The maximum atomic E-state index is 12.9. The van der Waals surface area contributed by atoms with E-state index >= 15 is 0 Å². The van der Waals surface area contributed by atoms with Gasteiger partial charge in [-0.3, -0.25) is 0 Å². The summed E-state index contributed by atoms with van der Waals surface area (Å²) in [6, 6.07) is 18.0. The Morgan fingerprint density at radius 3 is 2.41 bits per heavy atom. The highest BCUT2D eigenvalue weighted by atomic mass is 35.5. The average Bonchev–Trinajstić information content (AvgIpc) is 3.05. The van der Waals surface area contributed by atoms with Gasteiger partial charge >= 0.3 is 6.18 Å². The highest BCUT2D eigenvalue weighted by Gasteiger charge is 2.30. The Morgan fingerprint density at radius 1 is 1.00 bits per heavy atom. The second-order valence-corrected chi connectivity index (χ2v) is 7.02. The number of halogens is 4. The highest BCUT2D eigenvalue weighted by molar-refractivity contribution is 6.30. The summed E-state index contributed by atoms with van der Waals surface area (Å²) in [5.74, 6) is 1.23. The zero-order chi connectivity index (χ0) is 20.6. The molecule has 0 saturated carbocycles. The van der Waals surface area contributed by atoms with Crippen molar-refractivity contribution in [2.45, 2.75) is 12.7 Å². The van der Waals surface area contributed by atoms with Crippen molar-refractivity contribution in [1.29, 1.82) is 0 Å². The second kappa shape index (κ2) is 7.44. The topological polar surface area (TPSA) is 27.1 Å². The molecule has 0 radical (unpaired) electrons. The van der Waals surface area contributed by atoms with Crippen LogP contribution >= 0.6 is 11.6 Å². The van der Waals surface area contributed by atoms with E-state index in [1.54, 1.807) is 19.2 Å². The lowest BCUT2D eigenvalue weighted by atomic mass is 10.1. The number of alkyl halides is 3. The Hall–Kier alpha value is -2.99. The van der Waals surface area contributed by atoms with Gasteiger partial charge in [0.05, 0.1) is 23.7 Å². The van der Waals surface area contributed by atoms with Gasteiger partial charge in [-0.05, 0) is 42.0 Å². The van der Waals surface area contributed by atoms with E-state index in [9.17, 15) is 13.2 Å². The third kappa shape index (κ3) is 3.93. The van der Waals surface area contributed by atoms with E-state index in [-0.39, 0.29) is 0 Å². The smallest absolute Gasteiger partial charge is 0.416 e. The molecule has 0 N–H and O–H groups in total. The second-order valence-electron chi connectivity index (χ2n) is 6.58. The largest absolute Gasteiger partial charge is 0.497 e. The van der Waals surface area contributed by atoms with Crippen LogP contribution in [0.15, 0.2) is 66.7 Å². The number of fused-ring (bicyclic) bond motifs is 1. The van der Waals surface area contributed by atoms with Gasteiger partial charge in [0, 0.05) is 23.2 Å². The summed E-state index contributed by atoms with van der Waals surface area (Å²) in [5.41, 5.74) is 2.40. The fourth-order valence-electron chi connectivity index (χ4n) is 3.24. The molecule has 0 unspecified atom stereocenters. The maximum Gasteiger partial charge on any atom is 0.416 e. The number of rotatable bonds is 4. The first-order valence-electron chi connectivity index (χ1n) is 8.81. The molecule has 0 bridgehead atoms. The van der Waals surface area contributed by atoms with Gasteiger partial charge in [0.25, 0.3) is 0 Å². The van der Waals surface area contributed by atoms with Gasteiger partial charge in [-0.2, -0.15) is 13.2 Å². The predicted octanol–water partition coefficient (Wildman–Crippen LogP) is 6.43. The molecule has 3 aromatic carbocycles. The van der Waals surface area contributed by atoms with Crippen molar-refractivity contribution >= 4 is 22.6 Å². The van der Waals surface area contributed by atoms with E-state index in [1.807, 2.05) is 34.9 Å². The molecule has 1 aromatic heterocycles. The minimum atomic E-state index is -4.38. The minimum Gasteiger partial charge on any atom is -0.497 e. The van der Waals surface area contributed by atoms with Crippen LogP contribution < -0.4 is 4.74 Å². The number of imidazole rings is 1. The van der Waals surface area contributed by atoms with E-state index in [0.717, 1.165) is 23.2 Å². The van der Waals surface area contributed by atoms with Crippen molar-refractivity contribution in [2.24, 2.45) is 0 Å². The fraction of sp³-hybridized carbons (Fsp3) is 0.136. The summed E-state index contributed by atoms with van der Waals surface area (Å²) < 4.78 is 46.0. The fourth-order valence-corrected chi connectivity index (χ4v) is 3.46. The van der Waals surface area contributed by atoms with Crippen LogP contribution in [0, 0.1) is 0 Å². The molecule has 4 rings (SSSR count). The Bertz CT molecular complexity index is 1170. The Labute approximate surface area is 170 Å². The third-order valence-electron chi connectivity index (χ3n) is 4.66. The van der Waals surface area contributed by atoms with E-state index in [2.05, 4.69) is 4.98 Å². The molecule has 0 amide bonds. The average molecular weight is 417 g/mol. The molecule has 7 heteroatoms. The standard InChI is InChI=1S/C22H16ClF3N2O/c1-29-18-9-10-20-19(12-18)27-21(15-5-7-16(8-6-15)22(24,25)26)28(20)13-14-3-2-4-17(23)11-14/h2-12H,13H2,1H3. The SMILES string of the molecule is COc1ccc2c(c1)nc(-c1ccc(C(F)(F)F)cc1)n2Cc1cccc(Cl)c1. The maximum absolute atomic E-state index is 12.9. The molecule has 0 fully saturated rings. The Kier molecular flexibility index (Phi) is 4.96. The van der Waals surface area contributed by atoms with Gasteiger partial charge in [-0.15, -0.1) is 0 Å². The molecule has 29 heavy (non-hydrogen) atoms. The molecule has 0 atom stereocenters. The van der Waals surface area contributed by atoms with E-state index < -0.39 is 11.7 Å². The van der Waals surface area contributed by atoms with Gasteiger partial charge in [-0.1, -0.05) is 35.9 Å². The van der Waals surface area contributed by atoms with Crippen LogP contribution in [0.25, 0.3) is 22.4 Å². The summed E-state index contributed by atoms with van der Waals surface area (Å²) in [6.07, 6.45) is -4.38. The van der Waals surface area contributed by atoms with Gasteiger partial charge in [0.1, 0.15) is 11.6 Å². The van der Waals surface area contributed by atoms with Crippen molar-refractivity contribution in [2.75, 3.05) is 7.11 Å². The molecule has 0 saturated heterocycles. The molecular formula is C22H16ClF3N2O. The summed E-state index contributed by atoms with van der Waals surface area (Å²) >= 11 is 6.11.